The lowest BCUT2D eigenvalue weighted by Gasteiger charge is -2.43. The van der Waals surface area contributed by atoms with E-state index in [4.69, 9.17) is 4.74 Å². The highest BCUT2D eigenvalue weighted by Crippen LogP contribution is 2.34. The van der Waals surface area contributed by atoms with Crippen molar-refractivity contribution in [2.24, 2.45) is 11.8 Å². The van der Waals surface area contributed by atoms with Gasteiger partial charge in [0.15, 0.2) is 0 Å². The van der Waals surface area contributed by atoms with Crippen LogP contribution in [0.25, 0.3) is 0 Å². The number of aliphatic carboxylic acids is 1. The molecule has 0 saturated carbocycles. The van der Waals surface area contributed by atoms with Crippen LogP contribution in [0.15, 0.2) is 42.5 Å². The predicted molar refractivity (Wildman–Crippen MR) is 75.5 cm³/mol. The lowest BCUT2D eigenvalue weighted by Crippen LogP contribution is -2.54. The van der Waals surface area contributed by atoms with E-state index >= 15 is 0 Å². The van der Waals surface area contributed by atoms with E-state index in [-0.39, 0.29) is 12.5 Å². The molecule has 1 amide bonds. The molecule has 2 bridgehead atoms. The van der Waals surface area contributed by atoms with Crippen molar-refractivity contribution in [3.8, 4) is 0 Å². The van der Waals surface area contributed by atoms with Crippen molar-refractivity contribution in [2.45, 2.75) is 19.1 Å². The third-order valence-corrected chi connectivity index (χ3v) is 4.10. The van der Waals surface area contributed by atoms with Crippen LogP contribution in [0.4, 0.5) is 4.79 Å². The van der Waals surface area contributed by atoms with Crippen LogP contribution in [-0.4, -0.2) is 34.7 Å². The Balaban J connectivity index is 1.65. The van der Waals surface area contributed by atoms with Gasteiger partial charge in [0, 0.05) is 6.54 Å². The lowest BCUT2D eigenvalue weighted by molar-refractivity contribution is -0.145. The molecule has 1 N–H and O–H groups in total. The molecule has 5 nitrogen and oxygen atoms in total. The van der Waals surface area contributed by atoms with Crippen molar-refractivity contribution in [3.63, 3.8) is 0 Å². The van der Waals surface area contributed by atoms with E-state index in [1.165, 1.54) is 4.90 Å². The maximum Gasteiger partial charge on any atom is 0.410 e. The Kier molecular flexibility index (Phi) is 3.64. The lowest BCUT2D eigenvalue weighted by atomic mass is 9.78. The average molecular weight is 287 g/mol. The molecule has 3 atom stereocenters. The number of nitrogens with zero attached hydrogens (tertiary/aromatic N) is 1. The van der Waals surface area contributed by atoms with Crippen LogP contribution in [-0.2, 0) is 16.1 Å². The molecule has 0 radical (unpaired) electrons. The quantitative estimate of drug-likeness (QED) is 0.866. The first-order valence-electron chi connectivity index (χ1n) is 7.03. The van der Waals surface area contributed by atoms with Gasteiger partial charge in [0.1, 0.15) is 6.61 Å². The summed E-state index contributed by atoms with van der Waals surface area (Å²) in [5, 5.41) is 9.26. The summed E-state index contributed by atoms with van der Waals surface area (Å²) >= 11 is 0. The fourth-order valence-corrected chi connectivity index (χ4v) is 3.03. The summed E-state index contributed by atoms with van der Waals surface area (Å²) in [6.07, 6.45) is 3.98. The van der Waals surface area contributed by atoms with Crippen molar-refractivity contribution in [3.05, 3.63) is 48.0 Å². The highest BCUT2D eigenvalue weighted by molar-refractivity contribution is 5.75. The normalized spacial score (nSPS) is 26.7. The topological polar surface area (TPSA) is 66.8 Å². The number of benzene rings is 1. The van der Waals surface area contributed by atoms with Gasteiger partial charge in [-0.2, -0.15) is 0 Å². The fraction of sp³-hybridized carbons (Fsp3) is 0.375. The molecule has 1 aromatic rings. The van der Waals surface area contributed by atoms with E-state index < -0.39 is 24.0 Å². The van der Waals surface area contributed by atoms with Crippen molar-refractivity contribution < 1.29 is 19.4 Å². The molecule has 1 aromatic carbocycles. The maximum absolute atomic E-state index is 12.2. The van der Waals surface area contributed by atoms with Gasteiger partial charge >= 0.3 is 12.1 Å². The number of carbonyl (C=O) groups is 2. The van der Waals surface area contributed by atoms with Crippen LogP contribution in [0.3, 0.4) is 0 Å². The molecule has 5 heteroatoms. The van der Waals surface area contributed by atoms with Crippen LogP contribution in [0.2, 0.25) is 0 Å². The summed E-state index contributed by atoms with van der Waals surface area (Å²) in [5.41, 5.74) is 0.915. The zero-order valence-electron chi connectivity index (χ0n) is 11.5. The smallest absolute Gasteiger partial charge is 0.410 e. The highest BCUT2D eigenvalue weighted by Gasteiger charge is 2.43. The standard InChI is InChI=1S/C16H17NO4/c18-15(19)13-8-12-6-7-14(13)17(9-12)16(20)21-10-11-4-2-1-3-5-11/h1-7,12-14H,8-10H2,(H,18,19)/t12-,13+,14+/m0/s1. The average Bonchev–Trinajstić information content (AvgIpc) is 2.53. The van der Waals surface area contributed by atoms with Crippen LogP contribution in [0.1, 0.15) is 12.0 Å². The Hall–Kier alpha value is -2.30. The summed E-state index contributed by atoms with van der Waals surface area (Å²) in [7, 11) is 0. The largest absolute Gasteiger partial charge is 0.481 e. The second-order valence-electron chi connectivity index (χ2n) is 5.51. The van der Waals surface area contributed by atoms with E-state index in [0.29, 0.717) is 13.0 Å². The summed E-state index contributed by atoms with van der Waals surface area (Å²) in [6, 6.07) is 9.04. The summed E-state index contributed by atoms with van der Waals surface area (Å²) in [4.78, 5) is 25.0. The van der Waals surface area contributed by atoms with Crippen molar-refractivity contribution in [2.75, 3.05) is 6.54 Å². The van der Waals surface area contributed by atoms with Gasteiger partial charge in [-0.05, 0) is 17.9 Å². The second kappa shape index (κ2) is 5.60. The molecule has 21 heavy (non-hydrogen) atoms. The van der Waals surface area contributed by atoms with E-state index in [1.54, 1.807) is 0 Å². The Morgan fingerprint density at radius 2 is 2.00 bits per heavy atom. The van der Waals surface area contributed by atoms with Crippen LogP contribution >= 0.6 is 0 Å². The second-order valence-corrected chi connectivity index (χ2v) is 5.51. The molecule has 0 spiro atoms. The van der Waals surface area contributed by atoms with Crippen molar-refractivity contribution in [1.82, 2.24) is 4.90 Å². The number of piperidine rings is 1. The number of hydrogen-bond acceptors (Lipinski definition) is 3. The van der Waals surface area contributed by atoms with Gasteiger partial charge in [-0.15, -0.1) is 0 Å². The van der Waals surface area contributed by atoms with Gasteiger partial charge < -0.3 is 14.7 Å². The molecule has 1 aliphatic carbocycles. The first kappa shape index (κ1) is 13.7. The first-order chi connectivity index (χ1) is 10.1. The number of rotatable bonds is 3. The van der Waals surface area contributed by atoms with Gasteiger partial charge in [-0.1, -0.05) is 42.5 Å². The predicted octanol–water partition coefficient (Wildman–Crippen LogP) is 2.28. The highest BCUT2D eigenvalue weighted by atomic mass is 16.6. The minimum absolute atomic E-state index is 0.111. The SMILES string of the molecule is O=C(O)[C@@H]1C[C@@H]2C=C[C@H]1N(C(=O)OCc1ccccc1)C2. The molecule has 110 valence electrons. The number of carboxylic acid groups (broad SMARTS) is 1. The Bertz CT molecular complexity index is 569. The maximum atomic E-state index is 12.2. The molecule has 1 saturated heterocycles. The number of carboxylic acids is 1. The van der Waals surface area contributed by atoms with E-state index in [0.717, 1.165) is 5.56 Å². The summed E-state index contributed by atoms with van der Waals surface area (Å²) in [6.45, 7) is 0.744. The summed E-state index contributed by atoms with van der Waals surface area (Å²) in [5.74, 6) is -1.27. The number of hydrogen-bond donors (Lipinski definition) is 1. The molecular weight excluding hydrogens is 270 g/mol. The van der Waals surface area contributed by atoms with Gasteiger partial charge in [-0.3, -0.25) is 4.79 Å². The third-order valence-electron chi connectivity index (χ3n) is 4.10. The minimum atomic E-state index is -0.852. The number of amides is 1. The molecule has 0 unspecified atom stereocenters. The number of carbonyl (C=O) groups excluding carboxylic acids is 1. The van der Waals surface area contributed by atoms with Crippen molar-refractivity contribution in [1.29, 1.82) is 0 Å². The third kappa shape index (κ3) is 2.77. The van der Waals surface area contributed by atoms with Gasteiger partial charge in [0.2, 0.25) is 0 Å². The summed E-state index contributed by atoms with van der Waals surface area (Å²) < 4.78 is 5.31. The van der Waals surface area contributed by atoms with Crippen LogP contribution in [0, 0.1) is 11.8 Å². The van der Waals surface area contributed by atoms with Gasteiger partial charge in [-0.25, -0.2) is 4.79 Å². The fourth-order valence-electron chi connectivity index (χ4n) is 3.03. The molecule has 1 fully saturated rings. The molecule has 0 aromatic heterocycles. The van der Waals surface area contributed by atoms with Crippen LogP contribution < -0.4 is 0 Å². The van der Waals surface area contributed by atoms with Crippen LogP contribution in [0.5, 0.6) is 0 Å². The molecule has 3 aliphatic rings. The van der Waals surface area contributed by atoms with E-state index in [2.05, 4.69) is 0 Å². The zero-order valence-corrected chi connectivity index (χ0v) is 11.5. The Labute approximate surface area is 122 Å². The van der Waals surface area contributed by atoms with Gasteiger partial charge in [0.25, 0.3) is 0 Å². The molecular formula is C16H17NO4. The van der Waals surface area contributed by atoms with Gasteiger partial charge in [0.05, 0.1) is 12.0 Å². The molecule has 2 aliphatic heterocycles. The number of fused-ring (bicyclic) bond motifs is 2. The van der Waals surface area contributed by atoms with E-state index in [9.17, 15) is 14.7 Å². The Morgan fingerprint density at radius 1 is 1.24 bits per heavy atom. The monoisotopic (exact) mass is 287 g/mol. The zero-order chi connectivity index (χ0) is 14.8. The minimum Gasteiger partial charge on any atom is -0.481 e. The first-order valence-corrected chi connectivity index (χ1v) is 7.03. The van der Waals surface area contributed by atoms with Crippen molar-refractivity contribution >= 4 is 12.1 Å². The molecule has 4 rings (SSSR count). The number of ether oxygens (including phenoxy) is 1. The molecule has 2 heterocycles. The van der Waals surface area contributed by atoms with E-state index in [1.807, 2.05) is 42.5 Å². The Morgan fingerprint density at radius 3 is 2.67 bits per heavy atom.